The first-order valence-electron chi connectivity index (χ1n) is 6.81. The van der Waals surface area contributed by atoms with Crippen LogP contribution in [0.25, 0.3) is 5.52 Å². The average Bonchev–Trinajstić information content (AvgIpc) is 2.86. The average molecular weight is 282 g/mol. The predicted molar refractivity (Wildman–Crippen MR) is 83.6 cm³/mol. The second-order valence-electron chi connectivity index (χ2n) is 5.13. The van der Waals surface area contributed by atoms with Crippen LogP contribution in [0.15, 0.2) is 36.8 Å². The van der Waals surface area contributed by atoms with E-state index in [1.165, 1.54) is 0 Å². The number of aromatic nitrogens is 4. The molecular weight excluding hydrogens is 264 g/mol. The summed E-state index contributed by atoms with van der Waals surface area (Å²) in [6.45, 7) is 2.64. The number of fused-ring (bicyclic) bond motifs is 1. The summed E-state index contributed by atoms with van der Waals surface area (Å²) in [4.78, 5) is 10.8. The van der Waals surface area contributed by atoms with Gasteiger partial charge in [-0.2, -0.15) is 5.10 Å². The molecule has 1 N–H and O–H groups in total. The lowest BCUT2D eigenvalue weighted by atomic mass is 10.2. The molecule has 0 aliphatic rings. The lowest BCUT2D eigenvalue weighted by molar-refractivity contribution is 0.919. The zero-order chi connectivity index (χ0) is 14.8. The highest BCUT2D eigenvalue weighted by molar-refractivity contribution is 5.68. The van der Waals surface area contributed by atoms with Crippen molar-refractivity contribution in [1.29, 1.82) is 0 Å². The maximum Gasteiger partial charge on any atom is 0.152 e. The molecule has 0 unspecified atom stereocenters. The second kappa shape index (κ2) is 5.40. The molecule has 3 rings (SSSR count). The lowest BCUT2D eigenvalue weighted by Gasteiger charge is -2.16. The van der Waals surface area contributed by atoms with Crippen molar-refractivity contribution in [3.8, 4) is 0 Å². The van der Waals surface area contributed by atoms with Crippen molar-refractivity contribution >= 4 is 17.2 Å². The zero-order valence-corrected chi connectivity index (χ0v) is 12.4. The maximum atomic E-state index is 4.40. The van der Waals surface area contributed by atoms with E-state index in [0.717, 1.165) is 28.4 Å². The standard InChI is InChI=1S/C15H18N6/c1-11-9-13-14(16-7-8-21(13)19-11)18-10-12-5-4-6-17-15(12)20(2)3/h4-9H,10H2,1-3H3,(H,16,18). The van der Waals surface area contributed by atoms with Crippen LogP contribution in [0.3, 0.4) is 0 Å². The molecule has 3 heterocycles. The Bertz CT molecular complexity index is 762. The molecule has 6 heteroatoms. The fourth-order valence-electron chi connectivity index (χ4n) is 2.33. The lowest BCUT2D eigenvalue weighted by Crippen LogP contribution is -2.15. The molecule has 21 heavy (non-hydrogen) atoms. The van der Waals surface area contributed by atoms with Crippen LogP contribution in [-0.4, -0.2) is 33.7 Å². The van der Waals surface area contributed by atoms with Gasteiger partial charge in [-0.3, -0.25) is 0 Å². The molecule has 108 valence electrons. The third-order valence-corrected chi connectivity index (χ3v) is 3.25. The molecule has 3 aromatic heterocycles. The van der Waals surface area contributed by atoms with Crippen LogP contribution in [0.5, 0.6) is 0 Å². The van der Waals surface area contributed by atoms with E-state index in [-0.39, 0.29) is 0 Å². The Kier molecular flexibility index (Phi) is 3.43. The van der Waals surface area contributed by atoms with E-state index in [1.807, 2.05) is 48.8 Å². The molecular formula is C15H18N6. The van der Waals surface area contributed by atoms with Crippen molar-refractivity contribution in [1.82, 2.24) is 19.6 Å². The van der Waals surface area contributed by atoms with Crippen LogP contribution >= 0.6 is 0 Å². The van der Waals surface area contributed by atoms with Gasteiger partial charge in [-0.15, -0.1) is 0 Å². The monoisotopic (exact) mass is 282 g/mol. The summed E-state index contributed by atoms with van der Waals surface area (Å²) >= 11 is 0. The fraction of sp³-hybridized carbons (Fsp3) is 0.267. The number of aryl methyl sites for hydroxylation is 1. The van der Waals surface area contributed by atoms with Gasteiger partial charge in [0.05, 0.1) is 5.69 Å². The van der Waals surface area contributed by atoms with E-state index in [0.29, 0.717) is 6.54 Å². The Labute approximate surface area is 123 Å². The summed E-state index contributed by atoms with van der Waals surface area (Å²) < 4.78 is 1.83. The molecule has 0 saturated carbocycles. The second-order valence-corrected chi connectivity index (χ2v) is 5.13. The minimum atomic E-state index is 0.665. The molecule has 0 aromatic carbocycles. The van der Waals surface area contributed by atoms with Gasteiger partial charge in [-0.05, 0) is 19.1 Å². The Morgan fingerprint density at radius 1 is 1.24 bits per heavy atom. The van der Waals surface area contributed by atoms with Crippen LogP contribution in [-0.2, 0) is 6.54 Å². The van der Waals surface area contributed by atoms with Gasteiger partial charge in [-0.25, -0.2) is 14.5 Å². The molecule has 3 aromatic rings. The van der Waals surface area contributed by atoms with Gasteiger partial charge in [0.15, 0.2) is 5.82 Å². The van der Waals surface area contributed by atoms with E-state index in [9.17, 15) is 0 Å². The van der Waals surface area contributed by atoms with E-state index in [4.69, 9.17) is 0 Å². The molecule has 0 atom stereocenters. The van der Waals surface area contributed by atoms with Crippen molar-refractivity contribution in [2.24, 2.45) is 0 Å². The van der Waals surface area contributed by atoms with Gasteiger partial charge in [0.1, 0.15) is 11.3 Å². The highest BCUT2D eigenvalue weighted by atomic mass is 15.2. The fourth-order valence-corrected chi connectivity index (χ4v) is 2.33. The third kappa shape index (κ3) is 2.65. The molecule has 0 saturated heterocycles. The van der Waals surface area contributed by atoms with Crippen LogP contribution in [0.1, 0.15) is 11.3 Å². The van der Waals surface area contributed by atoms with Crippen LogP contribution in [0.2, 0.25) is 0 Å². The highest BCUT2D eigenvalue weighted by Crippen LogP contribution is 2.19. The molecule has 0 fully saturated rings. The number of rotatable bonds is 4. The smallest absolute Gasteiger partial charge is 0.152 e. The topological polar surface area (TPSA) is 58.4 Å². The third-order valence-electron chi connectivity index (χ3n) is 3.25. The Morgan fingerprint density at radius 2 is 2.10 bits per heavy atom. The van der Waals surface area contributed by atoms with E-state index < -0.39 is 0 Å². The SMILES string of the molecule is Cc1cc2c(NCc3cccnc3N(C)C)nccn2n1. The van der Waals surface area contributed by atoms with E-state index >= 15 is 0 Å². The Balaban J connectivity index is 1.87. The van der Waals surface area contributed by atoms with Crippen LogP contribution in [0.4, 0.5) is 11.6 Å². The summed E-state index contributed by atoms with van der Waals surface area (Å²) in [5.74, 6) is 1.79. The van der Waals surface area contributed by atoms with Crippen LogP contribution < -0.4 is 10.2 Å². The van der Waals surface area contributed by atoms with Gasteiger partial charge < -0.3 is 10.2 Å². The van der Waals surface area contributed by atoms with Crippen molar-refractivity contribution in [2.45, 2.75) is 13.5 Å². The molecule has 0 bridgehead atoms. The van der Waals surface area contributed by atoms with Crippen molar-refractivity contribution in [3.63, 3.8) is 0 Å². The number of pyridine rings is 1. The molecule has 0 amide bonds. The number of anilines is 2. The minimum Gasteiger partial charge on any atom is -0.364 e. The number of hydrogen-bond donors (Lipinski definition) is 1. The van der Waals surface area contributed by atoms with E-state index in [2.05, 4.69) is 26.4 Å². The first kappa shape index (κ1) is 13.4. The highest BCUT2D eigenvalue weighted by Gasteiger charge is 2.08. The minimum absolute atomic E-state index is 0.665. The largest absolute Gasteiger partial charge is 0.364 e. The van der Waals surface area contributed by atoms with Gasteiger partial charge in [-0.1, -0.05) is 6.07 Å². The molecule has 0 radical (unpaired) electrons. The predicted octanol–water partition coefficient (Wildman–Crippen LogP) is 2.11. The number of hydrogen-bond acceptors (Lipinski definition) is 5. The molecule has 6 nitrogen and oxygen atoms in total. The van der Waals surface area contributed by atoms with Crippen molar-refractivity contribution < 1.29 is 0 Å². The first-order chi connectivity index (χ1) is 10.1. The summed E-state index contributed by atoms with van der Waals surface area (Å²) in [6.07, 6.45) is 5.40. The number of nitrogens with one attached hydrogen (secondary N) is 1. The Morgan fingerprint density at radius 3 is 2.90 bits per heavy atom. The summed E-state index contributed by atoms with van der Waals surface area (Å²) in [6, 6.07) is 6.03. The Hall–Kier alpha value is -2.63. The zero-order valence-electron chi connectivity index (χ0n) is 12.4. The van der Waals surface area contributed by atoms with Crippen molar-refractivity contribution in [3.05, 3.63) is 48.0 Å². The molecule has 0 aliphatic carbocycles. The first-order valence-corrected chi connectivity index (χ1v) is 6.81. The van der Waals surface area contributed by atoms with Gasteiger partial charge >= 0.3 is 0 Å². The quantitative estimate of drug-likeness (QED) is 0.794. The van der Waals surface area contributed by atoms with Gasteiger partial charge in [0.2, 0.25) is 0 Å². The summed E-state index contributed by atoms with van der Waals surface area (Å²) in [5.41, 5.74) is 3.08. The van der Waals surface area contributed by atoms with Gasteiger partial charge in [0, 0.05) is 44.8 Å². The summed E-state index contributed by atoms with van der Waals surface area (Å²) in [5, 5.41) is 7.76. The van der Waals surface area contributed by atoms with E-state index in [1.54, 1.807) is 12.4 Å². The van der Waals surface area contributed by atoms with Gasteiger partial charge in [0.25, 0.3) is 0 Å². The van der Waals surface area contributed by atoms with Crippen molar-refractivity contribution in [2.75, 3.05) is 24.3 Å². The maximum absolute atomic E-state index is 4.40. The summed E-state index contributed by atoms with van der Waals surface area (Å²) in [7, 11) is 3.98. The molecule has 0 aliphatic heterocycles. The normalized spacial score (nSPS) is 10.8. The molecule has 0 spiro atoms. The van der Waals surface area contributed by atoms with Crippen LogP contribution in [0, 0.1) is 6.92 Å². The number of nitrogens with zero attached hydrogens (tertiary/aromatic N) is 5.